The molecule has 0 N–H and O–H groups in total. The Balaban J connectivity index is 2.70. The van der Waals surface area contributed by atoms with Crippen molar-refractivity contribution in [2.45, 2.75) is 20.8 Å². The van der Waals surface area contributed by atoms with E-state index in [2.05, 4.69) is 0 Å². The van der Waals surface area contributed by atoms with Crippen molar-refractivity contribution in [2.75, 3.05) is 0 Å². The van der Waals surface area contributed by atoms with Gasteiger partial charge in [0.15, 0.2) is 5.78 Å². The predicted octanol–water partition coefficient (Wildman–Crippen LogP) is 3.54. The molecule has 0 amide bonds. The lowest BCUT2D eigenvalue weighted by atomic mass is 10.1. The molecule has 0 saturated carbocycles. The quantitative estimate of drug-likeness (QED) is 0.682. The number of rotatable bonds is 3. The van der Waals surface area contributed by atoms with Crippen LogP contribution in [0.2, 0.25) is 0 Å². The monoisotopic (exact) mass is 200 g/mol. The zero-order valence-corrected chi connectivity index (χ0v) is 9.45. The van der Waals surface area contributed by atoms with Crippen molar-refractivity contribution in [3.8, 4) is 0 Å². The third-order valence-corrected chi connectivity index (χ3v) is 1.95. The molecular weight excluding hydrogens is 184 g/mol. The highest BCUT2D eigenvalue weighted by Gasteiger charge is 1.91. The van der Waals surface area contributed by atoms with E-state index >= 15 is 0 Å². The highest BCUT2D eigenvalue weighted by atomic mass is 16.1. The van der Waals surface area contributed by atoms with Gasteiger partial charge in [-0.15, -0.1) is 0 Å². The van der Waals surface area contributed by atoms with Crippen LogP contribution in [0.5, 0.6) is 0 Å². The summed E-state index contributed by atoms with van der Waals surface area (Å²) >= 11 is 0. The van der Waals surface area contributed by atoms with E-state index in [1.54, 1.807) is 12.2 Å². The first kappa shape index (κ1) is 11.4. The molecule has 0 unspecified atom stereocenters. The molecule has 0 fully saturated rings. The van der Waals surface area contributed by atoms with E-state index in [-0.39, 0.29) is 5.78 Å². The van der Waals surface area contributed by atoms with Gasteiger partial charge in [-0.05, 0) is 38.5 Å². The van der Waals surface area contributed by atoms with Crippen LogP contribution in [0.4, 0.5) is 0 Å². The van der Waals surface area contributed by atoms with Crippen LogP contribution < -0.4 is 0 Å². The van der Waals surface area contributed by atoms with Gasteiger partial charge in [-0.1, -0.05) is 41.5 Å². The SMILES string of the molecule is CC(C)=CC(=O)/C=C/c1ccc(C)cc1. The van der Waals surface area contributed by atoms with Crippen LogP contribution in [0.15, 0.2) is 42.0 Å². The van der Waals surface area contributed by atoms with Gasteiger partial charge < -0.3 is 0 Å². The summed E-state index contributed by atoms with van der Waals surface area (Å²) in [7, 11) is 0. The molecule has 0 radical (unpaired) electrons. The summed E-state index contributed by atoms with van der Waals surface area (Å²) < 4.78 is 0. The van der Waals surface area contributed by atoms with Crippen molar-refractivity contribution >= 4 is 11.9 Å². The normalized spacial score (nSPS) is 10.3. The maximum absolute atomic E-state index is 11.3. The fraction of sp³-hybridized carbons (Fsp3) is 0.214. The Hall–Kier alpha value is -1.63. The molecule has 0 bridgehead atoms. The van der Waals surface area contributed by atoms with Crippen LogP contribution in [0, 0.1) is 6.92 Å². The molecule has 0 saturated heterocycles. The van der Waals surface area contributed by atoms with Crippen LogP contribution in [-0.4, -0.2) is 5.78 Å². The Morgan fingerprint density at radius 1 is 1.13 bits per heavy atom. The van der Waals surface area contributed by atoms with Crippen molar-refractivity contribution in [2.24, 2.45) is 0 Å². The van der Waals surface area contributed by atoms with E-state index in [0.717, 1.165) is 11.1 Å². The van der Waals surface area contributed by atoms with Gasteiger partial charge in [-0.3, -0.25) is 4.79 Å². The molecule has 0 heterocycles. The molecule has 0 atom stereocenters. The summed E-state index contributed by atoms with van der Waals surface area (Å²) in [4.78, 5) is 11.3. The molecule has 0 aliphatic heterocycles. The lowest BCUT2D eigenvalue weighted by molar-refractivity contribution is -0.110. The van der Waals surface area contributed by atoms with Gasteiger partial charge >= 0.3 is 0 Å². The molecule has 1 heteroatoms. The first-order valence-electron chi connectivity index (χ1n) is 5.01. The predicted molar refractivity (Wildman–Crippen MR) is 64.7 cm³/mol. The first-order chi connectivity index (χ1) is 7.08. The largest absolute Gasteiger partial charge is 0.290 e. The van der Waals surface area contributed by atoms with E-state index in [1.165, 1.54) is 5.56 Å². The summed E-state index contributed by atoms with van der Waals surface area (Å²) in [5.41, 5.74) is 3.30. The smallest absolute Gasteiger partial charge is 0.178 e. The Kier molecular flexibility index (Phi) is 4.04. The van der Waals surface area contributed by atoms with E-state index in [1.807, 2.05) is 51.1 Å². The van der Waals surface area contributed by atoms with Crippen molar-refractivity contribution in [1.82, 2.24) is 0 Å². The molecule has 0 aliphatic carbocycles. The van der Waals surface area contributed by atoms with Crippen molar-refractivity contribution < 1.29 is 4.79 Å². The van der Waals surface area contributed by atoms with Gasteiger partial charge in [0.1, 0.15) is 0 Å². The Bertz CT molecular complexity index is 390. The van der Waals surface area contributed by atoms with Crippen LogP contribution in [0.25, 0.3) is 6.08 Å². The Morgan fingerprint density at radius 3 is 2.27 bits per heavy atom. The average Bonchev–Trinajstić information content (AvgIpc) is 2.16. The highest BCUT2D eigenvalue weighted by Crippen LogP contribution is 2.05. The molecule has 1 nitrogen and oxygen atoms in total. The lowest BCUT2D eigenvalue weighted by Crippen LogP contribution is -1.86. The number of carbonyl (C=O) groups is 1. The zero-order chi connectivity index (χ0) is 11.3. The Morgan fingerprint density at radius 2 is 1.73 bits per heavy atom. The number of benzene rings is 1. The molecule has 1 aromatic rings. The minimum Gasteiger partial charge on any atom is -0.290 e. The molecule has 15 heavy (non-hydrogen) atoms. The summed E-state index contributed by atoms with van der Waals surface area (Å²) in [6.07, 6.45) is 5.06. The summed E-state index contributed by atoms with van der Waals surface area (Å²) in [5.74, 6) is 0.0376. The molecule has 78 valence electrons. The lowest BCUT2D eigenvalue weighted by Gasteiger charge is -1.93. The number of aryl methyl sites for hydroxylation is 1. The number of hydrogen-bond donors (Lipinski definition) is 0. The maximum atomic E-state index is 11.3. The summed E-state index contributed by atoms with van der Waals surface area (Å²) in [5, 5.41) is 0. The summed E-state index contributed by atoms with van der Waals surface area (Å²) in [6.45, 7) is 5.87. The number of ketones is 1. The third kappa shape index (κ3) is 4.41. The van der Waals surface area contributed by atoms with Crippen LogP contribution in [0.1, 0.15) is 25.0 Å². The fourth-order valence-electron chi connectivity index (χ4n) is 1.19. The van der Waals surface area contributed by atoms with Gasteiger partial charge in [0.25, 0.3) is 0 Å². The fourth-order valence-corrected chi connectivity index (χ4v) is 1.19. The van der Waals surface area contributed by atoms with Crippen LogP contribution in [0.3, 0.4) is 0 Å². The minimum atomic E-state index is 0.0376. The summed E-state index contributed by atoms with van der Waals surface area (Å²) in [6, 6.07) is 8.07. The maximum Gasteiger partial charge on any atom is 0.178 e. The number of carbonyl (C=O) groups excluding carboxylic acids is 1. The second-order valence-corrected chi connectivity index (χ2v) is 3.87. The van der Waals surface area contributed by atoms with Gasteiger partial charge in [-0.2, -0.15) is 0 Å². The van der Waals surface area contributed by atoms with Gasteiger partial charge in [0.2, 0.25) is 0 Å². The topological polar surface area (TPSA) is 17.1 Å². The highest BCUT2D eigenvalue weighted by molar-refractivity contribution is 6.02. The van der Waals surface area contributed by atoms with Gasteiger partial charge in [0, 0.05) is 0 Å². The molecule has 1 rings (SSSR count). The second kappa shape index (κ2) is 5.30. The molecule has 0 spiro atoms. The number of allylic oxidation sites excluding steroid dienone is 3. The van der Waals surface area contributed by atoms with E-state index in [4.69, 9.17) is 0 Å². The van der Waals surface area contributed by atoms with Crippen LogP contribution >= 0.6 is 0 Å². The molecule has 0 aliphatic rings. The van der Waals surface area contributed by atoms with E-state index < -0.39 is 0 Å². The zero-order valence-electron chi connectivity index (χ0n) is 9.45. The van der Waals surface area contributed by atoms with E-state index in [9.17, 15) is 4.79 Å². The van der Waals surface area contributed by atoms with Crippen molar-refractivity contribution in [1.29, 1.82) is 0 Å². The van der Waals surface area contributed by atoms with Gasteiger partial charge in [-0.25, -0.2) is 0 Å². The van der Waals surface area contributed by atoms with Crippen molar-refractivity contribution in [3.05, 3.63) is 53.1 Å². The Labute approximate surface area is 91.1 Å². The standard InChI is InChI=1S/C14H16O/c1-11(2)10-14(15)9-8-13-6-4-12(3)5-7-13/h4-10H,1-3H3/b9-8+. The van der Waals surface area contributed by atoms with Gasteiger partial charge in [0.05, 0.1) is 0 Å². The molecule has 0 aromatic heterocycles. The molecule has 1 aromatic carbocycles. The van der Waals surface area contributed by atoms with Crippen LogP contribution in [-0.2, 0) is 4.79 Å². The molecular formula is C14H16O. The average molecular weight is 200 g/mol. The third-order valence-electron chi connectivity index (χ3n) is 1.95. The van der Waals surface area contributed by atoms with E-state index in [0.29, 0.717) is 0 Å². The van der Waals surface area contributed by atoms with Crippen molar-refractivity contribution in [3.63, 3.8) is 0 Å². The number of hydrogen-bond acceptors (Lipinski definition) is 1. The minimum absolute atomic E-state index is 0.0376. The first-order valence-corrected chi connectivity index (χ1v) is 5.01. The second-order valence-electron chi connectivity index (χ2n) is 3.87.